The quantitative estimate of drug-likeness (QED) is 0.341. The Labute approximate surface area is 66.9 Å². The second-order valence-electron chi connectivity index (χ2n) is 1.98. The molecule has 0 aromatic carbocycles. The minimum absolute atomic E-state index is 0.568. The second-order valence-corrected chi connectivity index (χ2v) is 1.98. The van der Waals surface area contributed by atoms with Crippen molar-refractivity contribution < 1.29 is 0 Å². The molecule has 0 N–H and O–H groups in total. The summed E-state index contributed by atoms with van der Waals surface area (Å²) < 4.78 is 0. The molecule has 0 aromatic heterocycles. The maximum absolute atomic E-state index is 8.32. The number of hydrogen-bond acceptors (Lipinski definition) is 2. The average Bonchev–Trinajstić information content (AvgIpc) is 2.04. The summed E-state index contributed by atoms with van der Waals surface area (Å²) in [5.41, 5.74) is 1.30. The van der Waals surface area contributed by atoms with Gasteiger partial charge in [-0.15, -0.1) is 0 Å². The third-order valence-electron chi connectivity index (χ3n) is 0.947. The topological polar surface area (TPSA) is 36.1 Å². The molecule has 0 amide bonds. The molecule has 0 saturated carbocycles. The summed E-state index contributed by atoms with van der Waals surface area (Å²) in [6.45, 7) is 8.81. The first-order valence-corrected chi connectivity index (χ1v) is 3.12. The lowest BCUT2D eigenvalue weighted by molar-refractivity contribution is 1.40. The molecule has 0 unspecified atom stereocenters. The van der Waals surface area contributed by atoms with Crippen LogP contribution < -0.4 is 0 Å². The molecule has 0 aliphatic rings. The number of hydrogen-bond donors (Lipinski definition) is 0. The van der Waals surface area contributed by atoms with E-state index in [9.17, 15) is 0 Å². The highest BCUT2D eigenvalue weighted by Gasteiger charge is 1.79. The predicted molar refractivity (Wildman–Crippen MR) is 47.2 cm³/mol. The minimum atomic E-state index is 0.568. The molecule has 0 aromatic rings. The Hall–Kier alpha value is -1.62. The first kappa shape index (κ1) is 9.38. The third-order valence-corrected chi connectivity index (χ3v) is 0.947. The summed E-state index contributed by atoms with van der Waals surface area (Å²) in [4.78, 5) is 3.83. The lowest BCUT2D eigenvalue weighted by Gasteiger charge is -1.83. The molecular weight excluding hydrogens is 136 g/mol. The van der Waals surface area contributed by atoms with Gasteiger partial charge in [-0.2, -0.15) is 5.26 Å². The first-order chi connectivity index (χ1) is 5.20. The van der Waals surface area contributed by atoms with E-state index in [-0.39, 0.29) is 0 Å². The Morgan fingerprint density at radius 1 is 1.64 bits per heavy atom. The molecule has 0 bridgehead atoms. The fourth-order valence-corrected chi connectivity index (χ4v) is 0.326. The van der Waals surface area contributed by atoms with E-state index in [0.29, 0.717) is 5.57 Å². The van der Waals surface area contributed by atoms with Crippen LogP contribution in [0.2, 0.25) is 0 Å². The Balaban J connectivity index is 4.08. The molecule has 0 saturated heterocycles. The Bertz CT molecular complexity index is 251. The molecule has 0 aliphatic carbocycles. The average molecular weight is 146 g/mol. The zero-order valence-electron chi connectivity index (χ0n) is 6.54. The summed E-state index contributed by atoms with van der Waals surface area (Å²) in [7, 11) is 0. The van der Waals surface area contributed by atoms with Gasteiger partial charge in [-0.05, 0) is 12.5 Å². The van der Waals surface area contributed by atoms with Crippen LogP contribution >= 0.6 is 0 Å². The molecule has 2 nitrogen and oxygen atoms in total. The number of aliphatic imine (C=N–C) groups is 1. The van der Waals surface area contributed by atoms with Crippen molar-refractivity contribution in [2.75, 3.05) is 0 Å². The molecule has 2 heteroatoms. The number of allylic oxidation sites excluding steroid dienone is 3. The fourth-order valence-electron chi connectivity index (χ4n) is 0.326. The van der Waals surface area contributed by atoms with Crippen molar-refractivity contribution >= 4 is 6.21 Å². The molecule has 56 valence electrons. The van der Waals surface area contributed by atoms with Gasteiger partial charge in [0, 0.05) is 18.0 Å². The Kier molecular flexibility index (Phi) is 4.42. The fraction of sp³-hybridized carbons (Fsp3) is 0.111. The Morgan fingerprint density at radius 2 is 2.27 bits per heavy atom. The standard InChI is InChI=1S/C9H10N2/c1-4-8(2)6-11-7-9(3)5-10/h4,6-7H,1-2H2,3H3/b9-7+,11-6+. The largest absolute Gasteiger partial charge is 0.263 e. The molecule has 0 radical (unpaired) electrons. The van der Waals surface area contributed by atoms with Crippen molar-refractivity contribution in [1.82, 2.24) is 0 Å². The molecule has 0 fully saturated rings. The second kappa shape index (κ2) is 5.19. The van der Waals surface area contributed by atoms with Crippen LogP contribution in [0.1, 0.15) is 6.92 Å². The molecule has 11 heavy (non-hydrogen) atoms. The summed E-state index contributed by atoms with van der Waals surface area (Å²) in [6.07, 6.45) is 4.63. The van der Waals surface area contributed by atoms with Crippen molar-refractivity contribution in [3.8, 4) is 6.07 Å². The van der Waals surface area contributed by atoms with E-state index in [2.05, 4.69) is 18.2 Å². The zero-order valence-corrected chi connectivity index (χ0v) is 6.54. The summed E-state index contributed by atoms with van der Waals surface area (Å²) >= 11 is 0. The van der Waals surface area contributed by atoms with E-state index in [0.717, 1.165) is 5.57 Å². The lowest BCUT2D eigenvalue weighted by atomic mass is 10.3. The minimum Gasteiger partial charge on any atom is -0.263 e. The van der Waals surface area contributed by atoms with Crippen LogP contribution in [0.5, 0.6) is 0 Å². The highest BCUT2D eigenvalue weighted by molar-refractivity contribution is 5.81. The summed E-state index contributed by atoms with van der Waals surface area (Å²) in [5.74, 6) is 0. The van der Waals surface area contributed by atoms with E-state index < -0.39 is 0 Å². The van der Waals surface area contributed by atoms with E-state index in [1.54, 1.807) is 19.2 Å². The van der Waals surface area contributed by atoms with Gasteiger partial charge in [-0.1, -0.05) is 19.2 Å². The lowest BCUT2D eigenvalue weighted by Crippen LogP contribution is -1.73. The van der Waals surface area contributed by atoms with E-state index in [1.165, 1.54) is 6.20 Å². The Morgan fingerprint density at radius 3 is 2.73 bits per heavy atom. The molecular formula is C9H10N2. The number of rotatable bonds is 3. The highest BCUT2D eigenvalue weighted by atomic mass is 14.7. The number of nitriles is 1. The van der Waals surface area contributed by atoms with Crippen LogP contribution in [0.3, 0.4) is 0 Å². The highest BCUT2D eigenvalue weighted by Crippen LogP contribution is 1.90. The first-order valence-electron chi connectivity index (χ1n) is 3.12. The summed E-state index contributed by atoms with van der Waals surface area (Å²) in [6, 6.07) is 1.95. The van der Waals surface area contributed by atoms with Crippen LogP contribution in [0, 0.1) is 11.3 Å². The van der Waals surface area contributed by atoms with Gasteiger partial charge in [0.2, 0.25) is 0 Å². The van der Waals surface area contributed by atoms with Crippen molar-refractivity contribution in [3.63, 3.8) is 0 Å². The van der Waals surface area contributed by atoms with Gasteiger partial charge in [-0.25, -0.2) is 0 Å². The van der Waals surface area contributed by atoms with Crippen LogP contribution in [-0.4, -0.2) is 6.21 Å². The third kappa shape index (κ3) is 4.86. The molecule has 0 aliphatic heterocycles. The van der Waals surface area contributed by atoms with Crippen LogP contribution in [0.15, 0.2) is 41.6 Å². The van der Waals surface area contributed by atoms with E-state index >= 15 is 0 Å². The smallest absolute Gasteiger partial charge is 0.0960 e. The van der Waals surface area contributed by atoms with Gasteiger partial charge >= 0.3 is 0 Å². The predicted octanol–water partition coefficient (Wildman–Crippen LogP) is 2.23. The van der Waals surface area contributed by atoms with Gasteiger partial charge < -0.3 is 0 Å². The van der Waals surface area contributed by atoms with Gasteiger partial charge in [-0.3, -0.25) is 4.99 Å². The van der Waals surface area contributed by atoms with E-state index in [1.807, 2.05) is 6.07 Å². The number of nitrogens with zero attached hydrogens (tertiary/aromatic N) is 2. The van der Waals surface area contributed by atoms with Gasteiger partial charge in [0.05, 0.1) is 6.07 Å². The van der Waals surface area contributed by atoms with Gasteiger partial charge in [0.1, 0.15) is 0 Å². The van der Waals surface area contributed by atoms with Crippen LogP contribution in [-0.2, 0) is 0 Å². The van der Waals surface area contributed by atoms with Crippen molar-refractivity contribution in [2.24, 2.45) is 4.99 Å². The summed E-state index contributed by atoms with van der Waals surface area (Å²) in [5, 5.41) is 8.32. The SMILES string of the molecule is C=CC(=C)/C=N/C=C(\C)C#N. The zero-order chi connectivity index (χ0) is 8.69. The molecule has 0 heterocycles. The van der Waals surface area contributed by atoms with Crippen molar-refractivity contribution in [1.29, 1.82) is 5.26 Å². The normalized spacial score (nSPS) is 11.1. The van der Waals surface area contributed by atoms with Crippen LogP contribution in [0.4, 0.5) is 0 Å². The van der Waals surface area contributed by atoms with Gasteiger partial charge in [0.25, 0.3) is 0 Å². The van der Waals surface area contributed by atoms with E-state index in [4.69, 9.17) is 5.26 Å². The molecule has 0 atom stereocenters. The molecule has 0 spiro atoms. The van der Waals surface area contributed by atoms with Gasteiger partial charge in [0.15, 0.2) is 0 Å². The van der Waals surface area contributed by atoms with Crippen LogP contribution in [0.25, 0.3) is 0 Å². The van der Waals surface area contributed by atoms with Crippen molar-refractivity contribution in [2.45, 2.75) is 6.92 Å². The maximum Gasteiger partial charge on any atom is 0.0960 e. The monoisotopic (exact) mass is 146 g/mol. The van der Waals surface area contributed by atoms with Crippen molar-refractivity contribution in [3.05, 3.63) is 36.6 Å². The molecule has 0 rings (SSSR count). The maximum atomic E-state index is 8.32.